The minimum Gasteiger partial charge on any atom is -0.380 e. The van der Waals surface area contributed by atoms with Crippen molar-refractivity contribution in [1.29, 1.82) is 0 Å². The monoisotopic (exact) mass is 398 g/mol. The Morgan fingerprint density at radius 1 is 1.38 bits per heavy atom. The highest BCUT2D eigenvalue weighted by molar-refractivity contribution is 5.75. The number of ether oxygens (including phenoxy) is 1. The van der Waals surface area contributed by atoms with E-state index in [2.05, 4.69) is 47.5 Å². The third-order valence-corrected chi connectivity index (χ3v) is 6.13. The van der Waals surface area contributed by atoms with Gasteiger partial charge in [-0.3, -0.25) is 0 Å². The average molecular weight is 399 g/mol. The summed E-state index contributed by atoms with van der Waals surface area (Å²) in [6.45, 7) is 6.69. The Hall–Kier alpha value is -2.41. The predicted octanol–water partition coefficient (Wildman–Crippen LogP) is 4.05. The molecular weight excluding hydrogens is 368 g/mol. The van der Waals surface area contributed by atoms with E-state index in [1.54, 1.807) is 18.9 Å². The zero-order chi connectivity index (χ0) is 20.5. The van der Waals surface area contributed by atoms with E-state index in [9.17, 15) is 4.79 Å². The molecule has 2 aromatic rings. The molecular formula is C22H30N4O3. The third-order valence-electron chi connectivity index (χ3n) is 6.13. The number of fused-ring (bicyclic) bond motifs is 1. The van der Waals surface area contributed by atoms with Crippen LogP contribution in [0.3, 0.4) is 0 Å². The molecule has 1 aliphatic heterocycles. The number of hydrogen-bond acceptors (Lipinski definition) is 5. The zero-order valence-corrected chi connectivity index (χ0v) is 17.6. The number of hydrogen-bond donors (Lipinski definition) is 1. The Bertz CT molecular complexity index is 879. The molecule has 3 atom stereocenters. The molecule has 0 saturated carbocycles. The highest BCUT2D eigenvalue weighted by atomic mass is 16.5. The summed E-state index contributed by atoms with van der Waals surface area (Å²) in [5.41, 5.74) is 3.90. The number of carbonyl (C=O) groups is 1. The highest BCUT2D eigenvalue weighted by Crippen LogP contribution is 2.35. The lowest BCUT2D eigenvalue weighted by molar-refractivity contribution is 0.110. The number of aromatic nitrogens is 2. The first kappa shape index (κ1) is 19.9. The second-order valence-electron chi connectivity index (χ2n) is 8.45. The molecule has 0 radical (unpaired) electrons. The highest BCUT2D eigenvalue weighted by Gasteiger charge is 2.40. The maximum atomic E-state index is 13.3. The van der Waals surface area contributed by atoms with Crippen LogP contribution in [0.15, 0.2) is 22.7 Å². The number of aryl methyl sites for hydroxylation is 2. The summed E-state index contributed by atoms with van der Waals surface area (Å²) in [5, 5.41) is 7.17. The molecule has 7 heteroatoms. The Morgan fingerprint density at radius 2 is 2.21 bits per heavy atom. The molecule has 2 aliphatic rings. The molecule has 29 heavy (non-hydrogen) atoms. The molecule has 1 aromatic heterocycles. The van der Waals surface area contributed by atoms with Crippen LogP contribution in [-0.2, 0) is 11.2 Å². The Labute approximate surface area is 171 Å². The van der Waals surface area contributed by atoms with Crippen molar-refractivity contribution in [3.05, 3.63) is 46.6 Å². The van der Waals surface area contributed by atoms with Crippen LogP contribution in [0.1, 0.15) is 79.5 Å². The molecule has 7 nitrogen and oxygen atoms in total. The van der Waals surface area contributed by atoms with Gasteiger partial charge in [-0.2, -0.15) is 4.98 Å². The lowest BCUT2D eigenvalue weighted by atomic mass is 9.85. The molecule has 0 bridgehead atoms. The molecule has 156 valence electrons. The van der Waals surface area contributed by atoms with Gasteiger partial charge >= 0.3 is 6.03 Å². The summed E-state index contributed by atoms with van der Waals surface area (Å²) in [6, 6.07) is 6.38. The molecule has 1 fully saturated rings. The maximum absolute atomic E-state index is 13.3. The number of amides is 2. The first-order valence-corrected chi connectivity index (χ1v) is 10.5. The van der Waals surface area contributed by atoms with Crippen LogP contribution in [-0.4, -0.2) is 40.8 Å². The first-order chi connectivity index (χ1) is 14.0. The predicted molar refractivity (Wildman–Crippen MR) is 109 cm³/mol. The molecule has 1 saturated heterocycles. The largest absolute Gasteiger partial charge is 0.380 e. The van der Waals surface area contributed by atoms with Crippen molar-refractivity contribution < 1.29 is 14.1 Å². The van der Waals surface area contributed by atoms with Crippen LogP contribution < -0.4 is 5.32 Å². The molecule has 4 rings (SSSR count). The second-order valence-corrected chi connectivity index (χ2v) is 8.45. The van der Waals surface area contributed by atoms with Crippen molar-refractivity contribution in [3.63, 3.8) is 0 Å². The van der Waals surface area contributed by atoms with Crippen molar-refractivity contribution >= 4 is 6.03 Å². The van der Waals surface area contributed by atoms with Gasteiger partial charge in [0.05, 0.1) is 12.1 Å². The number of nitrogens with zero attached hydrogens (tertiary/aromatic N) is 3. The Balaban J connectivity index is 1.55. The minimum atomic E-state index is -0.258. The number of methoxy groups -OCH3 is 1. The molecule has 1 aliphatic carbocycles. The smallest absolute Gasteiger partial charge is 0.318 e. The van der Waals surface area contributed by atoms with Gasteiger partial charge in [0, 0.05) is 20.1 Å². The van der Waals surface area contributed by atoms with Gasteiger partial charge in [-0.25, -0.2) is 4.79 Å². The summed E-state index contributed by atoms with van der Waals surface area (Å²) >= 11 is 0. The molecule has 2 amide bonds. The fourth-order valence-electron chi connectivity index (χ4n) is 4.43. The van der Waals surface area contributed by atoms with Crippen molar-refractivity contribution in [1.82, 2.24) is 20.4 Å². The lowest BCUT2D eigenvalue weighted by Gasteiger charge is -2.30. The summed E-state index contributed by atoms with van der Waals surface area (Å²) in [6.07, 6.45) is 3.71. The second kappa shape index (κ2) is 8.14. The van der Waals surface area contributed by atoms with Gasteiger partial charge in [-0.05, 0) is 48.8 Å². The van der Waals surface area contributed by atoms with Crippen LogP contribution in [0, 0.1) is 6.92 Å². The van der Waals surface area contributed by atoms with Gasteiger partial charge in [0.2, 0.25) is 5.89 Å². The van der Waals surface area contributed by atoms with E-state index >= 15 is 0 Å². The van der Waals surface area contributed by atoms with Crippen LogP contribution in [0.2, 0.25) is 0 Å². The Kier molecular flexibility index (Phi) is 5.58. The van der Waals surface area contributed by atoms with Gasteiger partial charge in [0.1, 0.15) is 6.04 Å². The normalized spacial score (nSPS) is 24.0. The fraction of sp³-hybridized carbons (Fsp3) is 0.591. The average Bonchev–Trinajstić information content (AvgIpc) is 3.33. The van der Waals surface area contributed by atoms with Crippen molar-refractivity contribution in [2.24, 2.45) is 0 Å². The van der Waals surface area contributed by atoms with Crippen molar-refractivity contribution in [2.45, 2.75) is 70.6 Å². The molecule has 2 heterocycles. The van der Waals surface area contributed by atoms with E-state index in [1.165, 1.54) is 16.7 Å². The summed E-state index contributed by atoms with van der Waals surface area (Å²) in [7, 11) is 1.67. The number of nitrogens with one attached hydrogen (secondary N) is 1. The summed E-state index contributed by atoms with van der Waals surface area (Å²) in [4.78, 5) is 19.4. The van der Waals surface area contributed by atoms with Gasteiger partial charge < -0.3 is 19.5 Å². The van der Waals surface area contributed by atoms with E-state index < -0.39 is 0 Å². The fourth-order valence-corrected chi connectivity index (χ4v) is 4.43. The standard InChI is InChI=1S/C22H30N4O3/c1-13(2)16-9-8-15-6-5-7-19(18(15)10-16)24-22(27)26-12-17(28-4)11-20(26)21-23-14(3)25-29-21/h8-10,13,17,19-20H,5-7,11-12H2,1-4H3,(H,24,27)/t17-,19+,20+/m0/s1. The van der Waals surface area contributed by atoms with Crippen molar-refractivity contribution in [3.8, 4) is 0 Å². The summed E-state index contributed by atoms with van der Waals surface area (Å²) in [5.74, 6) is 1.51. The lowest BCUT2D eigenvalue weighted by Crippen LogP contribution is -2.42. The van der Waals surface area contributed by atoms with Gasteiger partial charge in [-0.1, -0.05) is 37.2 Å². The molecule has 1 aromatic carbocycles. The van der Waals surface area contributed by atoms with Gasteiger partial charge in [0.15, 0.2) is 5.82 Å². The van der Waals surface area contributed by atoms with E-state index in [1.807, 2.05) is 0 Å². The quantitative estimate of drug-likeness (QED) is 0.840. The van der Waals surface area contributed by atoms with E-state index in [4.69, 9.17) is 9.26 Å². The Morgan fingerprint density at radius 3 is 2.90 bits per heavy atom. The number of carbonyl (C=O) groups excluding carboxylic acids is 1. The van der Waals surface area contributed by atoms with Crippen LogP contribution in [0.25, 0.3) is 0 Å². The number of benzene rings is 1. The van der Waals surface area contributed by atoms with Crippen LogP contribution in [0.4, 0.5) is 4.79 Å². The minimum absolute atomic E-state index is 0.0246. The topological polar surface area (TPSA) is 80.5 Å². The number of rotatable bonds is 4. The maximum Gasteiger partial charge on any atom is 0.318 e. The first-order valence-electron chi connectivity index (χ1n) is 10.5. The van der Waals surface area contributed by atoms with E-state index in [0.717, 1.165) is 19.3 Å². The van der Waals surface area contributed by atoms with Crippen molar-refractivity contribution in [2.75, 3.05) is 13.7 Å². The molecule has 0 spiro atoms. The SMILES string of the molecule is CO[C@H]1C[C@H](c2nc(C)no2)N(C(=O)N[C@@H]2CCCc3ccc(C(C)C)cc32)C1. The number of likely N-dealkylation sites (tertiary alicyclic amines) is 1. The van der Waals surface area contributed by atoms with Crippen LogP contribution >= 0.6 is 0 Å². The van der Waals surface area contributed by atoms with E-state index in [-0.39, 0.29) is 24.2 Å². The zero-order valence-electron chi connectivity index (χ0n) is 17.6. The summed E-state index contributed by atoms with van der Waals surface area (Å²) < 4.78 is 10.9. The van der Waals surface area contributed by atoms with Gasteiger partial charge in [0.25, 0.3) is 0 Å². The number of urea groups is 1. The van der Waals surface area contributed by atoms with Crippen LogP contribution in [0.5, 0.6) is 0 Å². The van der Waals surface area contributed by atoms with E-state index in [0.29, 0.717) is 30.6 Å². The molecule has 1 N–H and O–H groups in total. The molecule has 0 unspecified atom stereocenters. The van der Waals surface area contributed by atoms with Gasteiger partial charge in [-0.15, -0.1) is 0 Å². The third kappa shape index (κ3) is 4.01.